The third-order valence-corrected chi connectivity index (χ3v) is 5.09. The first-order chi connectivity index (χ1) is 13.2. The van der Waals surface area contributed by atoms with Gasteiger partial charge in [-0.2, -0.15) is 17.6 Å². The van der Waals surface area contributed by atoms with Gasteiger partial charge >= 0.3 is 12.5 Å². The van der Waals surface area contributed by atoms with Crippen LogP contribution in [-0.2, 0) is 5.41 Å². The summed E-state index contributed by atoms with van der Waals surface area (Å²) >= 11 is 6.27. The monoisotopic (exact) mass is 542 g/mol. The Morgan fingerprint density at radius 3 is 2.10 bits per heavy atom. The zero-order chi connectivity index (χ0) is 22.1. The molecule has 0 unspecified atom stereocenters. The van der Waals surface area contributed by atoms with Crippen LogP contribution in [0, 0.1) is 10.1 Å². The molecular weight excluding hydrogens is 528 g/mol. The summed E-state index contributed by atoms with van der Waals surface area (Å²) in [5.74, 6) is -0.516. The van der Waals surface area contributed by atoms with Crippen molar-refractivity contribution in [2.75, 3.05) is 5.32 Å². The van der Waals surface area contributed by atoms with Crippen LogP contribution in [0.25, 0.3) is 0 Å². The van der Waals surface area contributed by atoms with Crippen LogP contribution in [0.2, 0.25) is 0 Å². The lowest BCUT2D eigenvalue weighted by Gasteiger charge is -2.20. The SMILES string of the molecule is CC(C)(C)c1ccc(Nc2c(Br)cc(OC(F)(F)C(F)F)cc2Br)c([N+](=O)[O-])c1. The van der Waals surface area contributed by atoms with Gasteiger partial charge in [0.1, 0.15) is 11.4 Å². The van der Waals surface area contributed by atoms with Crippen molar-refractivity contribution in [1.82, 2.24) is 0 Å². The van der Waals surface area contributed by atoms with E-state index in [1.54, 1.807) is 6.07 Å². The highest BCUT2D eigenvalue weighted by Crippen LogP contribution is 2.41. The Balaban J connectivity index is 2.41. The number of anilines is 2. The number of ether oxygens (including phenoxy) is 1. The van der Waals surface area contributed by atoms with Gasteiger partial charge < -0.3 is 10.1 Å². The van der Waals surface area contributed by atoms with Crippen LogP contribution in [0.15, 0.2) is 39.3 Å². The fourth-order valence-corrected chi connectivity index (χ4v) is 3.66. The second-order valence-electron chi connectivity index (χ2n) is 7.09. The number of benzene rings is 2. The summed E-state index contributed by atoms with van der Waals surface area (Å²) in [6.07, 6.45) is -8.66. The number of halogens is 6. The highest BCUT2D eigenvalue weighted by atomic mass is 79.9. The Hall–Kier alpha value is -1.88. The van der Waals surface area contributed by atoms with E-state index in [2.05, 4.69) is 41.9 Å². The first-order valence-electron chi connectivity index (χ1n) is 8.12. The molecule has 0 saturated carbocycles. The third-order valence-electron chi connectivity index (χ3n) is 3.84. The number of alkyl halides is 4. The van der Waals surface area contributed by atoms with Crippen LogP contribution in [0.4, 0.5) is 34.6 Å². The normalized spacial score (nSPS) is 12.2. The number of hydrogen-bond donors (Lipinski definition) is 1. The van der Waals surface area contributed by atoms with E-state index in [0.29, 0.717) is 0 Å². The summed E-state index contributed by atoms with van der Waals surface area (Å²) in [5, 5.41) is 14.4. The van der Waals surface area contributed by atoms with Crippen molar-refractivity contribution in [1.29, 1.82) is 0 Å². The van der Waals surface area contributed by atoms with Gasteiger partial charge in [-0.15, -0.1) is 0 Å². The maximum Gasteiger partial charge on any atom is 0.461 e. The largest absolute Gasteiger partial charge is 0.461 e. The standard InChI is InChI=1S/C18H16Br2F4N2O3/c1-17(2,3)9-4-5-13(14(6-9)26(27)28)25-15-11(19)7-10(8-12(15)20)29-18(23,24)16(21)22/h4-8,16,25H,1-3H3. The summed E-state index contributed by atoms with van der Waals surface area (Å²) in [4.78, 5) is 11.0. The van der Waals surface area contributed by atoms with E-state index in [1.807, 2.05) is 20.8 Å². The second kappa shape index (κ2) is 8.47. The predicted molar refractivity (Wildman–Crippen MR) is 109 cm³/mol. The summed E-state index contributed by atoms with van der Waals surface area (Å²) in [6, 6.07) is 6.83. The van der Waals surface area contributed by atoms with Crippen LogP contribution in [0.1, 0.15) is 26.3 Å². The molecule has 158 valence electrons. The first kappa shape index (κ1) is 23.4. The number of rotatable bonds is 6. The smallest absolute Gasteiger partial charge is 0.428 e. The van der Waals surface area contributed by atoms with E-state index in [9.17, 15) is 27.7 Å². The van der Waals surface area contributed by atoms with Gasteiger partial charge in [-0.3, -0.25) is 10.1 Å². The Morgan fingerprint density at radius 1 is 1.10 bits per heavy atom. The molecule has 0 aliphatic rings. The minimum atomic E-state index is -4.66. The van der Waals surface area contributed by atoms with Gasteiger partial charge in [-0.05, 0) is 61.0 Å². The summed E-state index contributed by atoms with van der Waals surface area (Å²) < 4.78 is 55.3. The van der Waals surface area contributed by atoms with Crippen molar-refractivity contribution in [2.45, 2.75) is 38.7 Å². The average Bonchev–Trinajstić information content (AvgIpc) is 2.56. The Morgan fingerprint density at radius 2 is 1.66 bits per heavy atom. The predicted octanol–water partition coefficient (Wildman–Crippen LogP) is 7.40. The zero-order valence-electron chi connectivity index (χ0n) is 15.4. The van der Waals surface area contributed by atoms with Gasteiger partial charge in [-0.1, -0.05) is 26.8 Å². The average molecular weight is 544 g/mol. The molecule has 2 aromatic carbocycles. The third kappa shape index (κ3) is 5.59. The van der Waals surface area contributed by atoms with Crippen LogP contribution in [0.5, 0.6) is 5.75 Å². The molecule has 2 rings (SSSR count). The zero-order valence-corrected chi connectivity index (χ0v) is 18.6. The molecular formula is C18H16Br2F4N2O3. The van der Waals surface area contributed by atoms with Crippen molar-refractivity contribution >= 4 is 48.9 Å². The van der Waals surface area contributed by atoms with Crippen molar-refractivity contribution < 1.29 is 27.2 Å². The van der Waals surface area contributed by atoms with Crippen molar-refractivity contribution in [3.05, 3.63) is 55.0 Å². The Labute approximate surface area is 180 Å². The Kier molecular flexibility index (Phi) is 6.83. The highest BCUT2D eigenvalue weighted by molar-refractivity contribution is 9.11. The van der Waals surface area contributed by atoms with Gasteiger partial charge in [0.05, 0.1) is 10.6 Å². The van der Waals surface area contributed by atoms with Crippen LogP contribution < -0.4 is 10.1 Å². The molecule has 0 bridgehead atoms. The number of nitrogens with one attached hydrogen (secondary N) is 1. The maximum absolute atomic E-state index is 13.1. The molecule has 0 saturated heterocycles. The lowest BCUT2D eigenvalue weighted by molar-refractivity contribution is -0.384. The molecule has 11 heteroatoms. The quantitative estimate of drug-likeness (QED) is 0.234. The van der Waals surface area contributed by atoms with Crippen molar-refractivity contribution in [2.24, 2.45) is 0 Å². The first-order valence-corrected chi connectivity index (χ1v) is 9.71. The van der Waals surface area contributed by atoms with E-state index in [-0.39, 0.29) is 31.4 Å². The fourth-order valence-electron chi connectivity index (χ4n) is 2.32. The molecule has 0 radical (unpaired) electrons. The van der Waals surface area contributed by atoms with E-state index in [1.165, 1.54) is 12.1 Å². The molecule has 0 aliphatic heterocycles. The summed E-state index contributed by atoms with van der Waals surface area (Å²) in [7, 11) is 0. The van der Waals surface area contributed by atoms with Crippen LogP contribution in [0.3, 0.4) is 0 Å². The number of hydrogen-bond acceptors (Lipinski definition) is 4. The van der Waals surface area contributed by atoms with E-state index in [0.717, 1.165) is 17.7 Å². The molecule has 0 aliphatic carbocycles. The van der Waals surface area contributed by atoms with Gasteiger partial charge in [0.15, 0.2) is 0 Å². The van der Waals surface area contributed by atoms with Crippen molar-refractivity contribution in [3.63, 3.8) is 0 Å². The van der Waals surface area contributed by atoms with Crippen LogP contribution in [-0.4, -0.2) is 17.5 Å². The molecule has 0 aromatic heterocycles. The molecule has 2 aromatic rings. The van der Waals surface area contributed by atoms with E-state index < -0.39 is 23.2 Å². The highest BCUT2D eigenvalue weighted by Gasteiger charge is 2.44. The fraction of sp³-hybridized carbons (Fsp3) is 0.333. The minimum Gasteiger partial charge on any atom is -0.428 e. The minimum absolute atomic E-state index is 0.163. The molecule has 0 heterocycles. The van der Waals surface area contributed by atoms with E-state index in [4.69, 9.17) is 0 Å². The van der Waals surface area contributed by atoms with E-state index >= 15 is 0 Å². The number of nitro benzene ring substituents is 1. The lowest BCUT2D eigenvalue weighted by Crippen LogP contribution is -2.33. The van der Waals surface area contributed by atoms with Gasteiger partial charge in [0.25, 0.3) is 5.69 Å². The van der Waals surface area contributed by atoms with Gasteiger partial charge in [0.2, 0.25) is 0 Å². The molecule has 0 fully saturated rings. The van der Waals surface area contributed by atoms with Crippen LogP contribution >= 0.6 is 31.9 Å². The molecule has 0 atom stereocenters. The second-order valence-corrected chi connectivity index (χ2v) is 8.80. The molecule has 5 nitrogen and oxygen atoms in total. The molecule has 0 amide bonds. The number of nitro groups is 1. The van der Waals surface area contributed by atoms with Gasteiger partial charge in [-0.25, -0.2) is 0 Å². The Bertz CT molecular complexity index is 911. The summed E-state index contributed by atoms with van der Waals surface area (Å²) in [6.45, 7) is 5.75. The lowest BCUT2D eigenvalue weighted by atomic mass is 9.86. The maximum atomic E-state index is 13.1. The van der Waals surface area contributed by atoms with Gasteiger partial charge in [0, 0.05) is 15.0 Å². The summed E-state index contributed by atoms with van der Waals surface area (Å²) in [5.41, 5.74) is 0.700. The molecule has 0 spiro atoms. The van der Waals surface area contributed by atoms with Crippen molar-refractivity contribution in [3.8, 4) is 5.75 Å². The molecule has 1 N–H and O–H groups in total. The molecule has 29 heavy (non-hydrogen) atoms. The topological polar surface area (TPSA) is 64.4 Å². The number of nitrogens with zero attached hydrogens (tertiary/aromatic N) is 1.